The van der Waals surface area contributed by atoms with Gasteiger partial charge in [0.1, 0.15) is 5.01 Å². The van der Waals surface area contributed by atoms with Crippen LogP contribution in [0, 0.1) is 0 Å². The molecule has 10 heteroatoms. The van der Waals surface area contributed by atoms with Gasteiger partial charge in [-0.15, -0.1) is 10.2 Å². The molecule has 0 atom stereocenters. The molecule has 1 heterocycles. The highest BCUT2D eigenvalue weighted by Gasteiger charge is 2.11. The minimum Gasteiger partial charge on any atom is -0.493 e. The largest absolute Gasteiger partial charge is 0.493 e. The molecular formula is C17H21N5O4S. The van der Waals surface area contributed by atoms with Gasteiger partial charge in [-0.2, -0.15) is 5.10 Å². The van der Waals surface area contributed by atoms with Crippen LogP contribution in [0.3, 0.4) is 0 Å². The fourth-order valence-corrected chi connectivity index (χ4v) is 2.83. The van der Waals surface area contributed by atoms with E-state index < -0.39 is 0 Å². The van der Waals surface area contributed by atoms with Crippen molar-refractivity contribution in [3.05, 3.63) is 28.8 Å². The summed E-state index contributed by atoms with van der Waals surface area (Å²) in [7, 11) is 3.10. The first kappa shape index (κ1) is 20.3. The molecule has 9 nitrogen and oxygen atoms in total. The van der Waals surface area contributed by atoms with Gasteiger partial charge in [0.2, 0.25) is 16.9 Å². The number of aromatic nitrogens is 2. The molecule has 2 rings (SSSR count). The van der Waals surface area contributed by atoms with E-state index in [1.54, 1.807) is 32.4 Å². The molecule has 0 spiro atoms. The molecule has 2 aromatic rings. The van der Waals surface area contributed by atoms with E-state index in [1.807, 2.05) is 6.92 Å². The van der Waals surface area contributed by atoms with Crippen LogP contribution in [0.25, 0.3) is 0 Å². The van der Waals surface area contributed by atoms with Gasteiger partial charge in [0.05, 0.1) is 26.9 Å². The lowest BCUT2D eigenvalue weighted by Crippen LogP contribution is -2.19. The summed E-state index contributed by atoms with van der Waals surface area (Å²) < 4.78 is 10.4. The molecule has 0 aliphatic heterocycles. The normalized spacial score (nSPS) is 10.6. The zero-order valence-electron chi connectivity index (χ0n) is 15.3. The third-order valence-corrected chi connectivity index (χ3v) is 4.15. The van der Waals surface area contributed by atoms with E-state index in [0.29, 0.717) is 28.1 Å². The molecule has 1 aromatic carbocycles. The zero-order valence-corrected chi connectivity index (χ0v) is 16.1. The Morgan fingerprint density at radius 2 is 1.96 bits per heavy atom. The van der Waals surface area contributed by atoms with E-state index in [2.05, 4.69) is 26.0 Å². The number of hydrogen-bond acceptors (Lipinski definition) is 8. The van der Waals surface area contributed by atoms with Gasteiger partial charge >= 0.3 is 0 Å². The number of nitrogens with zero attached hydrogens (tertiary/aromatic N) is 3. The van der Waals surface area contributed by atoms with E-state index >= 15 is 0 Å². The number of ether oxygens (including phenoxy) is 2. The lowest BCUT2D eigenvalue weighted by Gasteiger charge is -2.07. The van der Waals surface area contributed by atoms with E-state index in [4.69, 9.17) is 9.47 Å². The van der Waals surface area contributed by atoms with Crippen molar-refractivity contribution >= 4 is 34.5 Å². The number of methoxy groups -OCH3 is 2. The van der Waals surface area contributed by atoms with Crippen LogP contribution in [0.2, 0.25) is 0 Å². The van der Waals surface area contributed by atoms with Crippen LogP contribution in [0.15, 0.2) is 23.3 Å². The van der Waals surface area contributed by atoms with Gasteiger partial charge in [0, 0.05) is 6.42 Å². The molecule has 0 aliphatic carbocycles. The number of benzene rings is 1. The summed E-state index contributed by atoms with van der Waals surface area (Å²) in [6.45, 7) is 1.91. The molecule has 0 saturated heterocycles. The van der Waals surface area contributed by atoms with Crippen molar-refractivity contribution < 1.29 is 19.1 Å². The van der Waals surface area contributed by atoms with E-state index in [1.165, 1.54) is 6.21 Å². The molecular weight excluding hydrogens is 370 g/mol. The number of rotatable bonds is 9. The molecule has 0 unspecified atom stereocenters. The first-order chi connectivity index (χ1) is 13.0. The first-order valence-corrected chi connectivity index (χ1v) is 9.03. The van der Waals surface area contributed by atoms with Crippen molar-refractivity contribution in [2.24, 2.45) is 5.10 Å². The van der Waals surface area contributed by atoms with Gasteiger partial charge in [-0.3, -0.25) is 9.59 Å². The Bertz CT molecular complexity index is 821. The van der Waals surface area contributed by atoms with E-state index in [0.717, 1.165) is 23.3 Å². The summed E-state index contributed by atoms with van der Waals surface area (Å²) in [5.74, 6) is 0.717. The SMILES string of the molecule is CCCC(=O)Nc1nnc(CC(=O)N/N=C\c2ccc(OC)c(OC)c2)s1. The van der Waals surface area contributed by atoms with Gasteiger partial charge in [-0.05, 0) is 30.2 Å². The van der Waals surface area contributed by atoms with Crippen LogP contribution in [0.5, 0.6) is 11.5 Å². The number of carbonyl (C=O) groups excluding carboxylic acids is 2. The van der Waals surface area contributed by atoms with Crippen molar-refractivity contribution in [2.75, 3.05) is 19.5 Å². The third-order valence-electron chi connectivity index (χ3n) is 3.31. The molecule has 27 heavy (non-hydrogen) atoms. The number of carbonyl (C=O) groups is 2. The highest BCUT2D eigenvalue weighted by atomic mass is 32.1. The van der Waals surface area contributed by atoms with Gasteiger partial charge in [0.15, 0.2) is 11.5 Å². The monoisotopic (exact) mass is 391 g/mol. The second-order valence-electron chi connectivity index (χ2n) is 5.38. The number of amides is 2. The maximum Gasteiger partial charge on any atom is 0.247 e. The molecule has 0 bridgehead atoms. The van der Waals surface area contributed by atoms with Crippen LogP contribution in [-0.2, 0) is 16.0 Å². The van der Waals surface area contributed by atoms with Crippen LogP contribution >= 0.6 is 11.3 Å². The topological polar surface area (TPSA) is 115 Å². The van der Waals surface area contributed by atoms with Gasteiger partial charge in [-0.25, -0.2) is 5.43 Å². The van der Waals surface area contributed by atoms with Crippen LogP contribution in [-0.4, -0.2) is 42.4 Å². The summed E-state index contributed by atoms with van der Waals surface area (Å²) in [6, 6.07) is 5.27. The van der Waals surface area contributed by atoms with Crippen molar-refractivity contribution in [3.8, 4) is 11.5 Å². The summed E-state index contributed by atoms with van der Waals surface area (Å²) >= 11 is 1.16. The number of anilines is 1. The summed E-state index contributed by atoms with van der Waals surface area (Å²) in [4.78, 5) is 23.5. The molecule has 144 valence electrons. The van der Waals surface area contributed by atoms with Crippen molar-refractivity contribution in [3.63, 3.8) is 0 Å². The lowest BCUT2D eigenvalue weighted by molar-refractivity contribution is -0.120. The molecule has 2 N–H and O–H groups in total. The maximum absolute atomic E-state index is 11.9. The average molecular weight is 391 g/mol. The molecule has 0 saturated carbocycles. The Labute approximate surface area is 160 Å². The van der Waals surface area contributed by atoms with Crippen LogP contribution in [0.1, 0.15) is 30.3 Å². The molecule has 0 radical (unpaired) electrons. The fraction of sp³-hybridized carbons (Fsp3) is 0.353. The lowest BCUT2D eigenvalue weighted by atomic mass is 10.2. The Balaban J connectivity index is 1.86. The second kappa shape index (κ2) is 10.2. The van der Waals surface area contributed by atoms with Crippen molar-refractivity contribution in [1.82, 2.24) is 15.6 Å². The van der Waals surface area contributed by atoms with Gasteiger partial charge in [-0.1, -0.05) is 18.3 Å². The fourth-order valence-electron chi connectivity index (χ4n) is 2.07. The first-order valence-electron chi connectivity index (χ1n) is 8.21. The van der Waals surface area contributed by atoms with Gasteiger partial charge < -0.3 is 14.8 Å². The highest BCUT2D eigenvalue weighted by Crippen LogP contribution is 2.26. The minimum absolute atomic E-state index is 0.0184. The van der Waals surface area contributed by atoms with Crippen molar-refractivity contribution in [1.29, 1.82) is 0 Å². The number of hydrogen-bond donors (Lipinski definition) is 2. The molecule has 0 aliphatic rings. The summed E-state index contributed by atoms with van der Waals surface area (Å²) in [5.41, 5.74) is 3.17. The zero-order chi connectivity index (χ0) is 19.6. The van der Waals surface area contributed by atoms with E-state index in [9.17, 15) is 9.59 Å². The summed E-state index contributed by atoms with van der Waals surface area (Å²) in [5, 5.41) is 15.2. The quantitative estimate of drug-likeness (QED) is 0.499. The Hall–Kier alpha value is -3.01. The van der Waals surface area contributed by atoms with Crippen LogP contribution in [0.4, 0.5) is 5.13 Å². The highest BCUT2D eigenvalue weighted by molar-refractivity contribution is 7.15. The second-order valence-corrected chi connectivity index (χ2v) is 6.45. The predicted octanol–water partition coefficient (Wildman–Crippen LogP) is 1.99. The van der Waals surface area contributed by atoms with Crippen molar-refractivity contribution in [2.45, 2.75) is 26.2 Å². The van der Waals surface area contributed by atoms with Gasteiger partial charge in [0.25, 0.3) is 0 Å². The Morgan fingerprint density at radius 1 is 1.19 bits per heavy atom. The third kappa shape index (κ3) is 6.33. The molecule has 1 aromatic heterocycles. The number of nitrogens with one attached hydrogen (secondary N) is 2. The summed E-state index contributed by atoms with van der Waals surface area (Å²) in [6.07, 6.45) is 2.68. The maximum atomic E-state index is 11.9. The molecule has 0 fully saturated rings. The van der Waals surface area contributed by atoms with Crippen LogP contribution < -0.4 is 20.2 Å². The predicted molar refractivity (Wildman–Crippen MR) is 102 cm³/mol. The Kier molecular flexibility index (Phi) is 7.68. The smallest absolute Gasteiger partial charge is 0.247 e. The Morgan fingerprint density at radius 3 is 2.67 bits per heavy atom. The average Bonchev–Trinajstić information content (AvgIpc) is 3.08. The number of hydrazone groups is 1. The molecule has 2 amide bonds. The van der Waals surface area contributed by atoms with E-state index in [-0.39, 0.29) is 18.2 Å². The minimum atomic E-state index is -0.339. The standard InChI is InChI=1S/C17H21N5O4S/c1-4-5-14(23)19-17-22-21-16(27-17)9-15(24)20-18-10-11-6-7-12(25-2)13(8-11)26-3/h6-8,10H,4-5,9H2,1-3H3,(H,20,24)(H,19,22,23)/b18-10-.